The molecule has 0 spiro atoms. The zero-order valence-corrected chi connectivity index (χ0v) is 12.0. The fourth-order valence-corrected chi connectivity index (χ4v) is 3.47. The van der Waals surface area contributed by atoms with Crippen LogP contribution in [0.25, 0.3) is 0 Å². The first-order valence-corrected chi connectivity index (χ1v) is 7.51. The summed E-state index contributed by atoms with van der Waals surface area (Å²) in [6.07, 6.45) is 3.48. The Morgan fingerprint density at radius 2 is 1.94 bits per heavy atom. The lowest BCUT2D eigenvalue weighted by Gasteiger charge is -2.35. The summed E-state index contributed by atoms with van der Waals surface area (Å²) in [5.41, 5.74) is 0.551. The Kier molecular flexibility index (Phi) is 4.03. The number of amidine groups is 1. The first-order valence-electron chi connectivity index (χ1n) is 6.52. The van der Waals surface area contributed by atoms with Gasteiger partial charge < -0.3 is 10.1 Å². The van der Waals surface area contributed by atoms with E-state index in [1.54, 1.807) is 0 Å². The van der Waals surface area contributed by atoms with Crippen LogP contribution in [0.4, 0.5) is 0 Å². The fraction of sp³-hybridized carbons (Fsp3) is 0.923. The van der Waals surface area contributed by atoms with E-state index in [0.29, 0.717) is 5.41 Å². The van der Waals surface area contributed by atoms with Crippen molar-refractivity contribution in [1.82, 2.24) is 5.32 Å². The van der Waals surface area contributed by atoms with Gasteiger partial charge in [-0.1, -0.05) is 18.7 Å². The molecule has 0 radical (unpaired) electrons. The van der Waals surface area contributed by atoms with E-state index >= 15 is 0 Å². The Morgan fingerprint density at radius 1 is 1.24 bits per heavy atom. The first kappa shape index (κ1) is 13.2. The van der Waals surface area contributed by atoms with E-state index in [-0.39, 0.29) is 5.54 Å². The largest absolute Gasteiger partial charge is 0.381 e. The Hall–Kier alpha value is -0.220. The molecule has 2 aliphatic heterocycles. The molecular formula is C13H24N2OS. The van der Waals surface area contributed by atoms with Crippen LogP contribution >= 0.6 is 11.8 Å². The molecule has 2 saturated heterocycles. The van der Waals surface area contributed by atoms with Gasteiger partial charge in [-0.15, -0.1) is 0 Å². The zero-order chi connectivity index (χ0) is 12.4. The molecule has 0 unspecified atom stereocenters. The maximum absolute atomic E-state index is 5.42. The molecule has 2 heterocycles. The average molecular weight is 256 g/mol. The van der Waals surface area contributed by atoms with E-state index in [9.17, 15) is 0 Å². The number of aliphatic imine (C=N–C) groups is 1. The molecule has 0 aromatic heterocycles. The predicted molar refractivity (Wildman–Crippen MR) is 74.8 cm³/mol. The lowest BCUT2D eigenvalue weighted by Crippen LogP contribution is -2.46. The molecule has 2 aliphatic rings. The maximum Gasteiger partial charge on any atom is 0.156 e. The van der Waals surface area contributed by atoms with Crippen LogP contribution in [-0.4, -0.2) is 36.2 Å². The van der Waals surface area contributed by atoms with Crippen molar-refractivity contribution >= 4 is 16.9 Å². The minimum absolute atomic E-state index is 0.209. The second kappa shape index (κ2) is 5.19. The third-order valence-corrected chi connectivity index (χ3v) is 4.63. The number of hydrogen-bond acceptors (Lipinski definition) is 3. The summed E-state index contributed by atoms with van der Waals surface area (Å²) in [5, 5.41) is 4.66. The Balaban J connectivity index is 1.91. The molecule has 0 bridgehead atoms. The summed E-state index contributed by atoms with van der Waals surface area (Å²) in [5.74, 6) is 1.18. The van der Waals surface area contributed by atoms with Crippen molar-refractivity contribution in [3.8, 4) is 0 Å². The summed E-state index contributed by atoms with van der Waals surface area (Å²) in [7, 11) is 0. The van der Waals surface area contributed by atoms with Crippen LogP contribution < -0.4 is 5.32 Å². The molecule has 2 fully saturated rings. The molecule has 1 N–H and O–H groups in total. The number of thioether (sulfide) groups is 1. The lowest BCUT2D eigenvalue weighted by atomic mass is 9.83. The third-order valence-electron chi connectivity index (χ3n) is 3.72. The van der Waals surface area contributed by atoms with Crippen LogP contribution in [0.5, 0.6) is 0 Å². The molecule has 0 aliphatic carbocycles. The highest BCUT2D eigenvalue weighted by Gasteiger charge is 2.28. The molecule has 0 aromatic carbocycles. The smallest absolute Gasteiger partial charge is 0.156 e. The van der Waals surface area contributed by atoms with Gasteiger partial charge in [0.25, 0.3) is 0 Å². The Labute approximate surface area is 109 Å². The molecule has 2 rings (SSSR count). The number of nitrogens with one attached hydrogen (secondary N) is 1. The summed E-state index contributed by atoms with van der Waals surface area (Å²) in [6, 6.07) is 0. The van der Waals surface area contributed by atoms with Crippen molar-refractivity contribution in [2.24, 2.45) is 10.4 Å². The van der Waals surface area contributed by atoms with E-state index in [0.717, 1.165) is 37.8 Å². The average Bonchev–Trinajstić information content (AvgIpc) is 2.26. The first-order chi connectivity index (χ1) is 7.99. The number of nitrogens with zero attached hydrogens (tertiary/aromatic N) is 1. The van der Waals surface area contributed by atoms with Crippen molar-refractivity contribution in [3.05, 3.63) is 0 Å². The molecule has 0 saturated carbocycles. The van der Waals surface area contributed by atoms with E-state index in [2.05, 4.69) is 26.1 Å². The summed E-state index contributed by atoms with van der Waals surface area (Å²) in [4.78, 5) is 4.79. The van der Waals surface area contributed by atoms with Crippen molar-refractivity contribution < 1.29 is 4.74 Å². The molecule has 0 atom stereocenters. The van der Waals surface area contributed by atoms with Gasteiger partial charge >= 0.3 is 0 Å². The Bertz CT molecular complexity index is 296. The fourth-order valence-electron chi connectivity index (χ4n) is 2.16. The topological polar surface area (TPSA) is 33.6 Å². The number of rotatable bonds is 2. The van der Waals surface area contributed by atoms with Crippen LogP contribution in [0, 0.1) is 5.41 Å². The van der Waals surface area contributed by atoms with Gasteiger partial charge in [0, 0.05) is 31.1 Å². The molecule has 0 amide bonds. The summed E-state index contributed by atoms with van der Waals surface area (Å²) in [6.45, 7) is 9.55. The van der Waals surface area contributed by atoms with Crippen LogP contribution in [-0.2, 0) is 4.74 Å². The molecular weight excluding hydrogens is 232 g/mol. The minimum atomic E-state index is 0.209. The van der Waals surface area contributed by atoms with Crippen LogP contribution in [0.1, 0.15) is 40.0 Å². The van der Waals surface area contributed by atoms with Gasteiger partial charge in [0.1, 0.15) is 0 Å². The molecule has 0 aromatic rings. The van der Waals surface area contributed by atoms with E-state index in [1.807, 2.05) is 11.8 Å². The highest BCUT2D eigenvalue weighted by atomic mass is 32.2. The van der Waals surface area contributed by atoms with Gasteiger partial charge in [-0.2, -0.15) is 0 Å². The molecule has 98 valence electrons. The van der Waals surface area contributed by atoms with Gasteiger partial charge in [0.2, 0.25) is 0 Å². The van der Waals surface area contributed by atoms with Gasteiger partial charge in [-0.25, -0.2) is 0 Å². The van der Waals surface area contributed by atoms with Crippen molar-refractivity contribution in [1.29, 1.82) is 0 Å². The maximum atomic E-state index is 5.42. The minimum Gasteiger partial charge on any atom is -0.381 e. The summed E-state index contributed by atoms with van der Waals surface area (Å²) >= 11 is 1.86. The number of ether oxygens (including phenoxy) is 1. The highest BCUT2D eigenvalue weighted by Crippen LogP contribution is 2.30. The van der Waals surface area contributed by atoms with E-state index in [1.165, 1.54) is 12.2 Å². The molecule has 4 heteroatoms. The second-order valence-corrected chi connectivity index (χ2v) is 7.24. The van der Waals surface area contributed by atoms with Crippen molar-refractivity contribution in [2.75, 3.05) is 25.5 Å². The monoisotopic (exact) mass is 256 g/mol. The van der Waals surface area contributed by atoms with Gasteiger partial charge in [-0.3, -0.25) is 4.99 Å². The zero-order valence-electron chi connectivity index (χ0n) is 11.2. The van der Waals surface area contributed by atoms with Gasteiger partial charge in [-0.05, 0) is 38.5 Å². The van der Waals surface area contributed by atoms with Gasteiger partial charge in [0.05, 0.1) is 0 Å². The SMILES string of the molecule is CC1(CN=C2NC(C)(C)CCS2)CCOCC1. The Morgan fingerprint density at radius 3 is 2.59 bits per heavy atom. The molecule has 17 heavy (non-hydrogen) atoms. The predicted octanol–water partition coefficient (Wildman–Crippen LogP) is 2.66. The lowest BCUT2D eigenvalue weighted by molar-refractivity contribution is 0.0283. The highest BCUT2D eigenvalue weighted by molar-refractivity contribution is 8.13. The van der Waals surface area contributed by atoms with E-state index < -0.39 is 0 Å². The van der Waals surface area contributed by atoms with Crippen LogP contribution in [0.3, 0.4) is 0 Å². The van der Waals surface area contributed by atoms with Crippen LogP contribution in [0.15, 0.2) is 4.99 Å². The normalized spacial score (nSPS) is 29.9. The summed E-state index contributed by atoms with van der Waals surface area (Å²) < 4.78 is 5.42. The third kappa shape index (κ3) is 3.88. The van der Waals surface area contributed by atoms with Crippen LogP contribution in [0.2, 0.25) is 0 Å². The standard InChI is InChI=1S/C13H24N2OS/c1-12(2)6-9-17-11(15-12)14-10-13(3)4-7-16-8-5-13/h4-10H2,1-3H3,(H,14,15). The quantitative estimate of drug-likeness (QED) is 0.824. The van der Waals surface area contributed by atoms with Gasteiger partial charge in [0.15, 0.2) is 5.17 Å². The number of hydrogen-bond donors (Lipinski definition) is 1. The van der Waals surface area contributed by atoms with Crippen molar-refractivity contribution in [2.45, 2.75) is 45.6 Å². The second-order valence-electron chi connectivity index (χ2n) is 6.15. The van der Waals surface area contributed by atoms with E-state index in [4.69, 9.17) is 9.73 Å². The van der Waals surface area contributed by atoms with Crippen molar-refractivity contribution in [3.63, 3.8) is 0 Å². The molecule has 3 nitrogen and oxygen atoms in total.